The van der Waals surface area contributed by atoms with Crippen molar-refractivity contribution in [1.29, 1.82) is 0 Å². The lowest BCUT2D eigenvalue weighted by atomic mass is 10.1. The molecule has 2 aromatic carbocycles. The molecule has 0 bridgehead atoms. The molecule has 4 nitrogen and oxygen atoms in total. The van der Waals surface area contributed by atoms with Crippen molar-refractivity contribution in [1.82, 2.24) is 5.32 Å². The number of benzene rings is 2. The Morgan fingerprint density at radius 2 is 1.93 bits per heavy atom. The minimum atomic E-state index is -0.315. The average molecular weight is 403 g/mol. The Labute approximate surface area is 171 Å². The van der Waals surface area contributed by atoms with Crippen LogP contribution in [0.15, 0.2) is 42.5 Å². The fraction of sp³-hybridized carbons (Fsp3) is 0.333. The maximum absolute atomic E-state index is 12.0. The fourth-order valence-electron chi connectivity index (χ4n) is 2.56. The second kappa shape index (κ2) is 10.9. The van der Waals surface area contributed by atoms with Crippen molar-refractivity contribution >= 4 is 40.7 Å². The molecule has 0 heterocycles. The van der Waals surface area contributed by atoms with Gasteiger partial charge in [-0.05, 0) is 61.8 Å². The lowest BCUT2D eigenvalue weighted by Gasteiger charge is -2.14. The van der Waals surface area contributed by atoms with E-state index in [1.165, 1.54) is 11.1 Å². The van der Waals surface area contributed by atoms with Crippen molar-refractivity contribution in [2.24, 2.45) is 0 Å². The van der Waals surface area contributed by atoms with Gasteiger partial charge in [-0.3, -0.25) is 0 Å². The van der Waals surface area contributed by atoms with Crippen LogP contribution in [0.5, 0.6) is 0 Å². The Morgan fingerprint density at radius 3 is 2.67 bits per heavy atom. The van der Waals surface area contributed by atoms with Gasteiger partial charge in [0.1, 0.15) is 0 Å². The first-order valence-corrected chi connectivity index (χ1v) is 10.5. The molecule has 0 aliphatic carbocycles. The van der Waals surface area contributed by atoms with E-state index in [9.17, 15) is 4.79 Å². The normalized spacial score (nSPS) is 10.3. The van der Waals surface area contributed by atoms with E-state index in [-0.39, 0.29) is 5.97 Å². The maximum atomic E-state index is 12.0. The Kier molecular flexibility index (Phi) is 8.61. The third kappa shape index (κ3) is 6.56. The average Bonchev–Trinajstić information content (AvgIpc) is 2.65. The highest BCUT2D eigenvalue weighted by molar-refractivity contribution is 7.98. The summed E-state index contributed by atoms with van der Waals surface area (Å²) in [5.74, 6) is 1.64. The summed E-state index contributed by atoms with van der Waals surface area (Å²) in [6.45, 7) is 6.95. The maximum Gasteiger partial charge on any atom is 0.338 e. The highest BCUT2D eigenvalue weighted by Crippen LogP contribution is 2.20. The summed E-state index contributed by atoms with van der Waals surface area (Å²) in [7, 11) is 0. The second-order valence-corrected chi connectivity index (χ2v) is 7.57. The van der Waals surface area contributed by atoms with Crippen molar-refractivity contribution in [3.63, 3.8) is 0 Å². The van der Waals surface area contributed by atoms with Gasteiger partial charge in [0.2, 0.25) is 0 Å². The number of anilines is 1. The largest absolute Gasteiger partial charge is 0.462 e. The molecule has 0 aliphatic rings. The Hall–Kier alpha value is -2.05. The standard InChI is InChI=1S/C21H26N2O2S2/c1-4-25-20(24)18-10-7-11-19(16(18)3)23-21(26)22-12-13-27-14-17-9-6-5-8-15(17)2/h5-11H,4,12-14H2,1-3H3,(H2,22,23,26). The van der Waals surface area contributed by atoms with Crippen LogP contribution in [-0.4, -0.2) is 30.0 Å². The van der Waals surface area contributed by atoms with Gasteiger partial charge >= 0.3 is 5.97 Å². The summed E-state index contributed by atoms with van der Waals surface area (Å²) in [5, 5.41) is 6.94. The van der Waals surface area contributed by atoms with Gasteiger partial charge in [-0.15, -0.1) is 0 Å². The van der Waals surface area contributed by atoms with Gasteiger partial charge in [-0.25, -0.2) is 4.79 Å². The molecular weight excluding hydrogens is 376 g/mol. The smallest absolute Gasteiger partial charge is 0.338 e. The van der Waals surface area contributed by atoms with E-state index in [4.69, 9.17) is 17.0 Å². The first-order chi connectivity index (χ1) is 13.0. The molecule has 0 spiro atoms. The van der Waals surface area contributed by atoms with E-state index in [0.29, 0.717) is 17.3 Å². The first kappa shape index (κ1) is 21.3. The lowest BCUT2D eigenvalue weighted by Crippen LogP contribution is -2.30. The van der Waals surface area contributed by atoms with Crippen LogP contribution < -0.4 is 10.6 Å². The number of carbonyl (C=O) groups excluding carboxylic acids is 1. The van der Waals surface area contributed by atoms with Gasteiger partial charge in [-0.2, -0.15) is 11.8 Å². The van der Waals surface area contributed by atoms with Crippen molar-refractivity contribution < 1.29 is 9.53 Å². The van der Waals surface area contributed by atoms with Crippen molar-refractivity contribution in [3.05, 3.63) is 64.7 Å². The number of rotatable bonds is 8. The van der Waals surface area contributed by atoms with Gasteiger partial charge < -0.3 is 15.4 Å². The van der Waals surface area contributed by atoms with Crippen LogP contribution in [0, 0.1) is 13.8 Å². The molecule has 0 unspecified atom stereocenters. The first-order valence-electron chi connectivity index (χ1n) is 8.96. The van der Waals surface area contributed by atoms with Gasteiger partial charge in [0.15, 0.2) is 5.11 Å². The Bertz CT molecular complexity index is 794. The van der Waals surface area contributed by atoms with Gasteiger partial charge in [0, 0.05) is 23.7 Å². The van der Waals surface area contributed by atoms with E-state index in [1.54, 1.807) is 13.0 Å². The summed E-state index contributed by atoms with van der Waals surface area (Å²) in [6, 6.07) is 13.9. The second-order valence-electron chi connectivity index (χ2n) is 6.06. The molecule has 0 saturated carbocycles. The summed E-state index contributed by atoms with van der Waals surface area (Å²) >= 11 is 7.24. The number of hydrogen-bond acceptors (Lipinski definition) is 4. The zero-order valence-corrected chi connectivity index (χ0v) is 17.6. The minimum Gasteiger partial charge on any atom is -0.462 e. The Morgan fingerprint density at radius 1 is 1.15 bits per heavy atom. The number of esters is 1. The van der Waals surface area contributed by atoms with Crippen LogP contribution in [0.1, 0.15) is 34.0 Å². The number of carbonyl (C=O) groups is 1. The summed E-state index contributed by atoms with van der Waals surface area (Å²) in [6.07, 6.45) is 0. The number of hydrogen-bond donors (Lipinski definition) is 2. The SMILES string of the molecule is CCOC(=O)c1cccc(NC(=S)NCCSCc2ccccc2C)c1C. The molecule has 2 rings (SSSR count). The number of thioether (sulfide) groups is 1. The van der Waals surface area contributed by atoms with Crippen LogP contribution >= 0.6 is 24.0 Å². The molecule has 0 aliphatic heterocycles. The molecule has 0 aromatic heterocycles. The quantitative estimate of drug-likeness (QED) is 0.379. The highest BCUT2D eigenvalue weighted by Gasteiger charge is 2.13. The van der Waals surface area contributed by atoms with Crippen LogP contribution in [0.25, 0.3) is 0 Å². The fourth-order valence-corrected chi connectivity index (χ4v) is 3.71. The third-order valence-corrected chi connectivity index (χ3v) is 5.38. The van der Waals surface area contributed by atoms with Crippen LogP contribution in [0.4, 0.5) is 5.69 Å². The third-order valence-electron chi connectivity index (χ3n) is 4.13. The molecule has 6 heteroatoms. The predicted molar refractivity (Wildman–Crippen MR) is 119 cm³/mol. The van der Waals surface area contributed by atoms with Crippen LogP contribution in [0.2, 0.25) is 0 Å². The van der Waals surface area contributed by atoms with Gasteiger partial charge in [0.05, 0.1) is 12.2 Å². The number of aryl methyl sites for hydroxylation is 1. The molecule has 144 valence electrons. The molecule has 2 aromatic rings. The Balaban J connectivity index is 1.78. The predicted octanol–water partition coefficient (Wildman–Crippen LogP) is 4.70. The molecule has 0 saturated heterocycles. The van der Waals surface area contributed by atoms with Crippen molar-refractivity contribution in [2.75, 3.05) is 24.2 Å². The molecule has 0 radical (unpaired) electrons. The van der Waals surface area contributed by atoms with E-state index >= 15 is 0 Å². The minimum absolute atomic E-state index is 0.315. The van der Waals surface area contributed by atoms with Gasteiger partial charge in [-0.1, -0.05) is 30.3 Å². The monoisotopic (exact) mass is 402 g/mol. The van der Waals surface area contributed by atoms with Gasteiger partial charge in [0.25, 0.3) is 0 Å². The molecule has 0 amide bonds. The molecule has 0 atom stereocenters. The summed E-state index contributed by atoms with van der Waals surface area (Å²) < 4.78 is 5.09. The molecule has 27 heavy (non-hydrogen) atoms. The lowest BCUT2D eigenvalue weighted by molar-refractivity contribution is 0.0525. The van der Waals surface area contributed by atoms with E-state index < -0.39 is 0 Å². The van der Waals surface area contributed by atoms with Crippen LogP contribution in [-0.2, 0) is 10.5 Å². The summed E-state index contributed by atoms with van der Waals surface area (Å²) in [4.78, 5) is 12.0. The molecule has 2 N–H and O–H groups in total. The van der Waals surface area contributed by atoms with E-state index in [1.807, 2.05) is 30.8 Å². The molecule has 0 fully saturated rings. The topological polar surface area (TPSA) is 50.4 Å². The molecular formula is C21H26N2O2S2. The number of thiocarbonyl (C=S) groups is 1. The zero-order valence-electron chi connectivity index (χ0n) is 16.0. The number of nitrogens with one attached hydrogen (secondary N) is 2. The highest BCUT2D eigenvalue weighted by atomic mass is 32.2. The van der Waals surface area contributed by atoms with Crippen molar-refractivity contribution in [3.8, 4) is 0 Å². The summed E-state index contributed by atoms with van der Waals surface area (Å²) in [5.41, 5.74) is 4.89. The van der Waals surface area contributed by atoms with E-state index in [0.717, 1.165) is 29.3 Å². The number of ether oxygens (including phenoxy) is 1. The zero-order chi connectivity index (χ0) is 19.6. The van der Waals surface area contributed by atoms with Crippen LogP contribution in [0.3, 0.4) is 0 Å². The van der Waals surface area contributed by atoms with E-state index in [2.05, 4.69) is 41.8 Å². The van der Waals surface area contributed by atoms with Crippen molar-refractivity contribution in [2.45, 2.75) is 26.5 Å².